The van der Waals surface area contributed by atoms with Crippen molar-refractivity contribution in [3.63, 3.8) is 0 Å². The van der Waals surface area contributed by atoms with Crippen LogP contribution in [0.3, 0.4) is 0 Å². The molecular formula is C17H14BrClN2O. The first-order chi connectivity index (χ1) is 10.6. The first kappa shape index (κ1) is 15.1. The Bertz CT molecular complexity index is 801. The van der Waals surface area contributed by atoms with Crippen LogP contribution in [0.25, 0.3) is 0 Å². The second-order valence-electron chi connectivity index (χ2n) is 5.07. The molecule has 22 heavy (non-hydrogen) atoms. The average molecular weight is 378 g/mol. The Labute approximate surface area is 142 Å². The number of hydrogen-bond donors (Lipinski definition) is 1. The lowest BCUT2D eigenvalue weighted by molar-refractivity contribution is 0.474. The lowest BCUT2D eigenvalue weighted by Crippen LogP contribution is -2.05. The maximum Gasteiger partial charge on any atom is 0.115 e. The summed E-state index contributed by atoms with van der Waals surface area (Å²) < 4.78 is 2.97. The Morgan fingerprint density at radius 3 is 2.77 bits per heavy atom. The van der Waals surface area contributed by atoms with Crippen LogP contribution in [0, 0.1) is 0 Å². The van der Waals surface area contributed by atoms with Crippen LogP contribution in [0.4, 0.5) is 0 Å². The summed E-state index contributed by atoms with van der Waals surface area (Å²) in [6.45, 7) is 0.679. The highest BCUT2D eigenvalue weighted by molar-refractivity contribution is 9.10. The van der Waals surface area contributed by atoms with E-state index in [0.29, 0.717) is 11.6 Å². The van der Waals surface area contributed by atoms with Gasteiger partial charge in [0, 0.05) is 29.8 Å². The van der Waals surface area contributed by atoms with Crippen molar-refractivity contribution in [2.75, 3.05) is 0 Å². The van der Waals surface area contributed by atoms with E-state index < -0.39 is 0 Å². The minimum Gasteiger partial charge on any atom is -0.508 e. The molecule has 0 spiro atoms. The molecule has 5 heteroatoms. The molecule has 3 aromatic rings. The molecule has 112 valence electrons. The quantitative estimate of drug-likeness (QED) is 0.719. The number of rotatable bonds is 4. The molecular weight excluding hydrogens is 364 g/mol. The normalized spacial score (nSPS) is 10.8. The van der Waals surface area contributed by atoms with Gasteiger partial charge in [0.1, 0.15) is 11.6 Å². The fourth-order valence-electron chi connectivity index (χ4n) is 2.33. The molecule has 1 heterocycles. The number of phenols is 1. The summed E-state index contributed by atoms with van der Waals surface area (Å²) in [5, 5.41) is 10.3. The Morgan fingerprint density at radius 1 is 1.14 bits per heavy atom. The van der Waals surface area contributed by atoms with E-state index in [1.54, 1.807) is 18.3 Å². The van der Waals surface area contributed by atoms with Gasteiger partial charge in [-0.3, -0.25) is 0 Å². The molecule has 0 aliphatic rings. The standard InChI is InChI=1S/C17H14BrClN2O/c18-15-9-12(4-5-16(15)19)10-17-20-6-7-21(17)11-13-2-1-3-14(22)8-13/h1-9,22H,10-11H2. The average Bonchev–Trinajstić information content (AvgIpc) is 2.90. The zero-order valence-electron chi connectivity index (χ0n) is 11.7. The third-order valence-corrected chi connectivity index (χ3v) is 4.63. The molecule has 0 saturated carbocycles. The van der Waals surface area contributed by atoms with Crippen molar-refractivity contribution in [1.82, 2.24) is 9.55 Å². The first-order valence-electron chi connectivity index (χ1n) is 6.83. The zero-order valence-corrected chi connectivity index (χ0v) is 14.0. The lowest BCUT2D eigenvalue weighted by atomic mass is 10.1. The Morgan fingerprint density at radius 2 is 2.00 bits per heavy atom. The largest absolute Gasteiger partial charge is 0.508 e. The van der Waals surface area contributed by atoms with Gasteiger partial charge < -0.3 is 9.67 Å². The van der Waals surface area contributed by atoms with Crippen LogP contribution in [0.1, 0.15) is 17.0 Å². The fourth-order valence-corrected chi connectivity index (χ4v) is 2.88. The lowest BCUT2D eigenvalue weighted by Gasteiger charge is -2.09. The third-order valence-electron chi connectivity index (χ3n) is 3.41. The van der Waals surface area contributed by atoms with Gasteiger partial charge in [0.25, 0.3) is 0 Å². The molecule has 0 bridgehead atoms. The number of phenolic OH excluding ortho intramolecular Hbond substituents is 1. The van der Waals surface area contributed by atoms with Gasteiger partial charge in [-0.05, 0) is 51.3 Å². The van der Waals surface area contributed by atoms with E-state index in [9.17, 15) is 5.11 Å². The summed E-state index contributed by atoms with van der Waals surface area (Å²) in [6, 6.07) is 13.2. The van der Waals surface area contributed by atoms with E-state index in [1.165, 1.54) is 0 Å². The van der Waals surface area contributed by atoms with Gasteiger partial charge in [-0.2, -0.15) is 0 Å². The molecule has 1 N–H and O–H groups in total. The fraction of sp³-hybridized carbons (Fsp3) is 0.118. The molecule has 3 nitrogen and oxygen atoms in total. The third kappa shape index (κ3) is 3.51. The van der Waals surface area contributed by atoms with E-state index in [1.807, 2.05) is 36.5 Å². The molecule has 0 aliphatic carbocycles. The minimum atomic E-state index is 0.279. The Kier molecular flexibility index (Phi) is 4.50. The molecule has 0 unspecified atom stereocenters. The van der Waals surface area contributed by atoms with Crippen molar-refractivity contribution in [3.05, 3.63) is 81.3 Å². The van der Waals surface area contributed by atoms with E-state index in [2.05, 4.69) is 25.5 Å². The highest BCUT2D eigenvalue weighted by Gasteiger charge is 2.07. The summed E-state index contributed by atoms with van der Waals surface area (Å²) in [5.74, 6) is 1.25. The molecule has 2 aromatic carbocycles. The molecule has 0 radical (unpaired) electrons. The second-order valence-corrected chi connectivity index (χ2v) is 6.33. The molecule has 0 saturated heterocycles. The van der Waals surface area contributed by atoms with Crippen molar-refractivity contribution >= 4 is 27.5 Å². The minimum absolute atomic E-state index is 0.279. The first-order valence-corrected chi connectivity index (χ1v) is 8.01. The highest BCUT2D eigenvalue weighted by Crippen LogP contribution is 2.24. The smallest absolute Gasteiger partial charge is 0.115 e. The summed E-state index contributed by atoms with van der Waals surface area (Å²) in [4.78, 5) is 4.43. The van der Waals surface area contributed by atoms with Crippen molar-refractivity contribution in [2.45, 2.75) is 13.0 Å². The van der Waals surface area contributed by atoms with Gasteiger partial charge in [0.05, 0.1) is 5.02 Å². The Hall–Kier alpha value is -1.78. The van der Waals surface area contributed by atoms with Crippen LogP contribution in [0.2, 0.25) is 5.02 Å². The topological polar surface area (TPSA) is 38.0 Å². The maximum absolute atomic E-state index is 9.56. The second kappa shape index (κ2) is 6.55. The van der Waals surface area contributed by atoms with Crippen LogP contribution < -0.4 is 0 Å². The van der Waals surface area contributed by atoms with Gasteiger partial charge in [-0.15, -0.1) is 0 Å². The molecule has 0 amide bonds. The van der Waals surface area contributed by atoms with Gasteiger partial charge in [-0.25, -0.2) is 4.98 Å². The van der Waals surface area contributed by atoms with Crippen LogP contribution in [-0.2, 0) is 13.0 Å². The molecule has 0 aliphatic heterocycles. The highest BCUT2D eigenvalue weighted by atomic mass is 79.9. The van der Waals surface area contributed by atoms with Crippen LogP contribution in [0.15, 0.2) is 59.3 Å². The van der Waals surface area contributed by atoms with Crippen molar-refractivity contribution in [3.8, 4) is 5.75 Å². The van der Waals surface area contributed by atoms with E-state index in [4.69, 9.17) is 11.6 Å². The number of hydrogen-bond acceptors (Lipinski definition) is 2. The number of aromatic hydroxyl groups is 1. The number of halogens is 2. The zero-order chi connectivity index (χ0) is 15.5. The van der Waals surface area contributed by atoms with E-state index in [-0.39, 0.29) is 5.75 Å². The molecule has 0 fully saturated rings. The van der Waals surface area contributed by atoms with Crippen molar-refractivity contribution in [2.24, 2.45) is 0 Å². The van der Waals surface area contributed by atoms with E-state index >= 15 is 0 Å². The van der Waals surface area contributed by atoms with Gasteiger partial charge in [0.2, 0.25) is 0 Å². The predicted octanol–water partition coefficient (Wildman–Crippen LogP) is 4.64. The van der Waals surface area contributed by atoms with Crippen molar-refractivity contribution < 1.29 is 5.11 Å². The molecule has 0 atom stereocenters. The van der Waals surface area contributed by atoms with Gasteiger partial charge >= 0.3 is 0 Å². The predicted molar refractivity (Wildman–Crippen MR) is 91.4 cm³/mol. The molecule has 1 aromatic heterocycles. The molecule has 3 rings (SSSR count). The van der Waals surface area contributed by atoms with Gasteiger partial charge in [0.15, 0.2) is 0 Å². The summed E-state index contributed by atoms with van der Waals surface area (Å²) >= 11 is 9.47. The number of benzene rings is 2. The SMILES string of the molecule is Oc1cccc(Cn2ccnc2Cc2ccc(Cl)c(Br)c2)c1. The summed E-state index contributed by atoms with van der Waals surface area (Å²) in [7, 11) is 0. The maximum atomic E-state index is 9.56. The monoisotopic (exact) mass is 376 g/mol. The number of imidazole rings is 1. The van der Waals surface area contributed by atoms with Crippen LogP contribution >= 0.6 is 27.5 Å². The summed E-state index contributed by atoms with van der Waals surface area (Å²) in [6.07, 6.45) is 4.47. The number of aromatic nitrogens is 2. The van der Waals surface area contributed by atoms with Gasteiger partial charge in [-0.1, -0.05) is 29.8 Å². The van der Waals surface area contributed by atoms with Crippen LogP contribution in [0.5, 0.6) is 5.75 Å². The van der Waals surface area contributed by atoms with Crippen molar-refractivity contribution in [1.29, 1.82) is 0 Å². The van der Waals surface area contributed by atoms with Crippen LogP contribution in [-0.4, -0.2) is 14.7 Å². The van der Waals surface area contributed by atoms with E-state index in [0.717, 1.165) is 27.8 Å². The number of nitrogens with zero attached hydrogens (tertiary/aromatic N) is 2. The summed E-state index contributed by atoms with van der Waals surface area (Å²) in [5.41, 5.74) is 2.18. The Balaban J connectivity index is 1.81.